The van der Waals surface area contributed by atoms with Crippen molar-refractivity contribution < 1.29 is 0 Å². The van der Waals surface area contributed by atoms with Gasteiger partial charge in [-0.2, -0.15) is 0 Å². The summed E-state index contributed by atoms with van der Waals surface area (Å²) >= 11 is 0. The molecule has 2 nitrogen and oxygen atoms in total. The minimum atomic E-state index is 0.272. The lowest BCUT2D eigenvalue weighted by Crippen LogP contribution is -2.34. The molecule has 42 heavy (non-hydrogen) atoms. The van der Waals surface area contributed by atoms with Crippen molar-refractivity contribution in [1.82, 2.24) is 5.32 Å². The molecule has 0 saturated heterocycles. The van der Waals surface area contributed by atoms with E-state index in [0.717, 1.165) is 37.2 Å². The van der Waals surface area contributed by atoms with Crippen molar-refractivity contribution in [1.29, 1.82) is 0 Å². The lowest BCUT2D eigenvalue weighted by atomic mass is 9.55. The Kier molecular flexibility index (Phi) is 10.7. The first-order valence-electron chi connectivity index (χ1n) is 15.1. The third-order valence-corrected chi connectivity index (χ3v) is 7.88. The first-order valence-corrected chi connectivity index (χ1v) is 15.1. The standard InChI is InChI=1S/C39H45BN2/c1-8-15-33(16-9-2)41-37-27-32-24-28(4)19-14-21-35(32)40-36-23-22-30(6)26-39(36)42(38(17-10-3)31(37)7)34-20-13-11-12-18-29(5)25-34/h8-10,12-26,29,35,40-41H,1,3,11,27H2,2,4-7H3/b16-9+,18-12?,20-13-,33-15+,34-25+,37-31+,38-17+. The number of aryl methyl sites for hydroxylation is 1. The van der Waals surface area contributed by atoms with E-state index in [4.69, 9.17) is 0 Å². The lowest BCUT2D eigenvalue weighted by Gasteiger charge is -2.35. The summed E-state index contributed by atoms with van der Waals surface area (Å²) in [5.41, 5.74) is 12.1. The van der Waals surface area contributed by atoms with Gasteiger partial charge in [0, 0.05) is 29.2 Å². The second-order valence-corrected chi connectivity index (χ2v) is 11.4. The molecule has 0 saturated carbocycles. The number of fused-ring (bicyclic) bond motifs is 2. The quantitative estimate of drug-likeness (QED) is 0.215. The minimum Gasteiger partial charge on any atom is -0.358 e. The summed E-state index contributed by atoms with van der Waals surface area (Å²) in [4.78, 5) is 2.46. The first-order chi connectivity index (χ1) is 20.3. The average molecular weight is 553 g/mol. The highest BCUT2D eigenvalue weighted by Gasteiger charge is 2.27. The maximum atomic E-state index is 4.16. The monoisotopic (exact) mass is 552 g/mol. The zero-order valence-corrected chi connectivity index (χ0v) is 26.0. The van der Waals surface area contributed by atoms with Crippen LogP contribution >= 0.6 is 0 Å². The predicted octanol–water partition coefficient (Wildman–Crippen LogP) is 9.11. The Morgan fingerprint density at radius 1 is 1.10 bits per heavy atom. The number of allylic oxidation sites excluding steroid dienone is 18. The van der Waals surface area contributed by atoms with Crippen LogP contribution in [0.3, 0.4) is 0 Å². The van der Waals surface area contributed by atoms with Gasteiger partial charge in [-0.3, -0.25) is 0 Å². The highest BCUT2D eigenvalue weighted by atomic mass is 15.2. The third kappa shape index (κ3) is 7.53. The Hall–Kier alpha value is -4.24. The molecular weight excluding hydrogens is 507 g/mol. The number of nitrogens with zero attached hydrogens (tertiary/aromatic N) is 1. The van der Waals surface area contributed by atoms with Gasteiger partial charge in [0.15, 0.2) is 7.28 Å². The van der Waals surface area contributed by atoms with Crippen LogP contribution in [0.1, 0.15) is 46.1 Å². The van der Waals surface area contributed by atoms with Gasteiger partial charge in [-0.05, 0) is 87.4 Å². The first kappa shape index (κ1) is 30.7. The van der Waals surface area contributed by atoms with Crippen molar-refractivity contribution in [2.75, 3.05) is 4.90 Å². The van der Waals surface area contributed by atoms with Gasteiger partial charge in [-0.15, -0.1) is 0 Å². The van der Waals surface area contributed by atoms with Crippen LogP contribution in [-0.2, 0) is 0 Å². The van der Waals surface area contributed by atoms with Gasteiger partial charge >= 0.3 is 0 Å². The molecule has 3 aliphatic rings. The maximum absolute atomic E-state index is 4.16. The van der Waals surface area contributed by atoms with E-state index in [1.807, 2.05) is 25.2 Å². The van der Waals surface area contributed by atoms with E-state index >= 15 is 0 Å². The Morgan fingerprint density at radius 2 is 1.93 bits per heavy atom. The molecule has 4 rings (SSSR count). The fraction of sp³-hybridized carbons (Fsp3) is 0.231. The molecule has 0 amide bonds. The molecule has 2 atom stereocenters. The van der Waals surface area contributed by atoms with Crippen molar-refractivity contribution in [3.05, 3.63) is 168 Å². The molecule has 1 aromatic rings. The van der Waals surface area contributed by atoms with E-state index in [2.05, 4.69) is 142 Å². The molecule has 2 unspecified atom stereocenters. The summed E-state index contributed by atoms with van der Waals surface area (Å²) in [5.74, 6) is 0.583. The smallest absolute Gasteiger partial charge is 0.172 e. The summed E-state index contributed by atoms with van der Waals surface area (Å²) in [6.45, 7) is 19.0. The molecule has 0 aromatic heterocycles. The lowest BCUT2D eigenvalue weighted by molar-refractivity contribution is 0.870. The fourth-order valence-corrected chi connectivity index (χ4v) is 5.81. The maximum Gasteiger partial charge on any atom is 0.172 e. The van der Waals surface area contributed by atoms with Crippen LogP contribution in [0.4, 0.5) is 5.69 Å². The predicted molar refractivity (Wildman–Crippen MR) is 187 cm³/mol. The number of hydrogen-bond acceptors (Lipinski definition) is 2. The molecule has 2 aliphatic carbocycles. The van der Waals surface area contributed by atoms with Crippen molar-refractivity contribution in [3.63, 3.8) is 0 Å². The summed E-state index contributed by atoms with van der Waals surface area (Å²) in [7, 11) is 0.917. The van der Waals surface area contributed by atoms with E-state index in [1.165, 1.54) is 39.1 Å². The van der Waals surface area contributed by atoms with Gasteiger partial charge in [0.05, 0.1) is 5.70 Å². The summed E-state index contributed by atoms with van der Waals surface area (Å²) in [6.07, 6.45) is 34.5. The summed E-state index contributed by atoms with van der Waals surface area (Å²) in [6, 6.07) is 6.92. The Morgan fingerprint density at radius 3 is 2.69 bits per heavy atom. The van der Waals surface area contributed by atoms with Crippen molar-refractivity contribution in [2.24, 2.45) is 5.92 Å². The van der Waals surface area contributed by atoms with Gasteiger partial charge in [0.25, 0.3) is 0 Å². The number of hydrogen-bond donors (Lipinski definition) is 1. The summed E-state index contributed by atoms with van der Waals surface area (Å²) in [5, 5.41) is 3.82. The SMILES string of the molecule is C=C/C=C(\C=C\C)N/C1=C(C)/C(=C\C=C)N(C2=C/C(C)C=CC/C=C\2)c2cc(C)ccc2BC2C=CC=C(C)C=C2C1. The molecule has 214 valence electrons. The molecule has 1 heterocycles. The van der Waals surface area contributed by atoms with E-state index in [-0.39, 0.29) is 5.82 Å². The van der Waals surface area contributed by atoms with E-state index < -0.39 is 0 Å². The van der Waals surface area contributed by atoms with E-state index in [1.54, 1.807) is 0 Å². The van der Waals surface area contributed by atoms with Crippen LogP contribution in [-0.4, -0.2) is 7.28 Å². The third-order valence-electron chi connectivity index (χ3n) is 7.88. The topological polar surface area (TPSA) is 15.3 Å². The zero-order chi connectivity index (χ0) is 30.1. The molecule has 0 radical (unpaired) electrons. The van der Waals surface area contributed by atoms with Gasteiger partial charge < -0.3 is 10.2 Å². The normalized spacial score (nSPS) is 25.9. The van der Waals surface area contributed by atoms with Gasteiger partial charge in [-0.1, -0.05) is 116 Å². The van der Waals surface area contributed by atoms with Crippen molar-refractivity contribution in [2.45, 2.75) is 53.3 Å². The largest absolute Gasteiger partial charge is 0.358 e. The molecule has 0 spiro atoms. The van der Waals surface area contributed by atoms with Crippen LogP contribution in [0.15, 0.2) is 162 Å². The van der Waals surface area contributed by atoms with Gasteiger partial charge in [0.2, 0.25) is 0 Å². The molecule has 1 aromatic carbocycles. The van der Waals surface area contributed by atoms with Crippen molar-refractivity contribution >= 4 is 18.4 Å². The molecular formula is C39H45BN2. The summed E-state index contributed by atoms with van der Waals surface area (Å²) < 4.78 is 0. The van der Waals surface area contributed by atoms with Gasteiger partial charge in [0.1, 0.15) is 0 Å². The molecule has 1 N–H and O–H groups in total. The second kappa shape index (κ2) is 14.6. The minimum absolute atomic E-state index is 0.272. The van der Waals surface area contributed by atoms with Crippen LogP contribution < -0.4 is 15.7 Å². The van der Waals surface area contributed by atoms with Crippen LogP contribution in [0.5, 0.6) is 0 Å². The molecule has 0 fully saturated rings. The highest BCUT2D eigenvalue weighted by Crippen LogP contribution is 2.37. The van der Waals surface area contributed by atoms with Crippen molar-refractivity contribution in [3.8, 4) is 0 Å². The molecule has 3 heteroatoms. The number of nitrogens with one attached hydrogen (secondary N) is 1. The Labute approximate surface area is 254 Å². The Balaban J connectivity index is 2.07. The number of rotatable bonds is 6. The molecule has 0 bridgehead atoms. The molecule has 1 aliphatic heterocycles. The number of anilines is 1. The Bertz CT molecular complexity index is 1510. The number of benzene rings is 1. The van der Waals surface area contributed by atoms with Gasteiger partial charge in [-0.25, -0.2) is 0 Å². The van der Waals surface area contributed by atoms with Crippen LogP contribution in [0.2, 0.25) is 5.82 Å². The average Bonchev–Trinajstić information content (AvgIpc) is 3.11. The second-order valence-electron chi connectivity index (χ2n) is 11.4. The zero-order valence-electron chi connectivity index (χ0n) is 26.0. The fourth-order valence-electron chi connectivity index (χ4n) is 5.81. The van der Waals surface area contributed by atoms with Crippen LogP contribution in [0.25, 0.3) is 0 Å². The van der Waals surface area contributed by atoms with E-state index in [0.29, 0.717) is 5.92 Å². The van der Waals surface area contributed by atoms with Crippen LogP contribution in [0, 0.1) is 12.8 Å². The highest BCUT2D eigenvalue weighted by molar-refractivity contribution is 6.58. The van der Waals surface area contributed by atoms with E-state index in [9.17, 15) is 0 Å².